The first-order chi connectivity index (χ1) is 8.45. The lowest BCUT2D eigenvalue weighted by Gasteiger charge is -2.05. The molecule has 0 bridgehead atoms. The normalized spacial score (nSPS) is 13.9. The summed E-state index contributed by atoms with van der Waals surface area (Å²) in [6.45, 7) is 2.47. The summed E-state index contributed by atoms with van der Waals surface area (Å²) in [6.07, 6.45) is 2.01. The van der Waals surface area contributed by atoms with Gasteiger partial charge in [0.25, 0.3) is 0 Å². The van der Waals surface area contributed by atoms with Crippen LogP contribution in [-0.2, 0) is 9.84 Å². The Morgan fingerprint density at radius 2 is 2.17 bits per heavy atom. The van der Waals surface area contributed by atoms with Crippen LogP contribution in [0.5, 0.6) is 0 Å². The summed E-state index contributed by atoms with van der Waals surface area (Å²) in [5.74, 6) is 0.639. The van der Waals surface area contributed by atoms with Gasteiger partial charge in [0.2, 0.25) is 0 Å². The second-order valence-electron chi connectivity index (χ2n) is 4.29. The second-order valence-corrected chi connectivity index (χ2v) is 6.31. The largest absolute Gasteiger partial charge is 0.440 e. The number of hydrogen-bond donors (Lipinski definition) is 1. The molecule has 1 unspecified atom stereocenters. The van der Waals surface area contributed by atoms with Gasteiger partial charge in [0.15, 0.2) is 21.3 Å². The number of nitrogens with two attached hydrogens (primary N) is 1. The van der Waals surface area contributed by atoms with Gasteiger partial charge in [-0.15, -0.1) is 0 Å². The molecule has 18 heavy (non-hydrogen) atoms. The standard InChI is InChI=1S/C12H16N2O3S/c1-3-8(7-13)12-14-10-6-9(18(2,15)16)4-5-11(10)17-12/h4-6,8H,3,7,13H2,1-2H3. The Kier molecular flexibility index (Phi) is 3.41. The number of fused-ring (bicyclic) bond motifs is 1. The summed E-state index contributed by atoms with van der Waals surface area (Å²) in [6, 6.07) is 4.68. The zero-order chi connectivity index (χ0) is 13.3. The van der Waals surface area contributed by atoms with Crippen LogP contribution in [0, 0.1) is 0 Å². The SMILES string of the molecule is CCC(CN)c1nc2cc(S(C)(=O)=O)ccc2o1. The topological polar surface area (TPSA) is 86.2 Å². The van der Waals surface area contributed by atoms with Gasteiger partial charge in [0.05, 0.1) is 4.90 Å². The molecule has 0 aliphatic rings. The van der Waals surface area contributed by atoms with Gasteiger partial charge in [-0.25, -0.2) is 13.4 Å². The van der Waals surface area contributed by atoms with Crippen molar-refractivity contribution in [3.63, 3.8) is 0 Å². The van der Waals surface area contributed by atoms with Crippen LogP contribution in [0.15, 0.2) is 27.5 Å². The lowest BCUT2D eigenvalue weighted by molar-refractivity contribution is 0.465. The molecule has 0 spiro atoms. The Bertz CT molecular complexity index is 657. The van der Waals surface area contributed by atoms with E-state index in [-0.39, 0.29) is 10.8 Å². The molecule has 0 aliphatic carbocycles. The molecule has 1 aromatic carbocycles. The third-order valence-corrected chi connectivity index (χ3v) is 4.04. The van der Waals surface area contributed by atoms with Crippen LogP contribution in [0.3, 0.4) is 0 Å². The van der Waals surface area contributed by atoms with E-state index in [9.17, 15) is 8.42 Å². The van der Waals surface area contributed by atoms with Gasteiger partial charge in [-0.3, -0.25) is 0 Å². The highest BCUT2D eigenvalue weighted by molar-refractivity contribution is 7.90. The van der Waals surface area contributed by atoms with E-state index in [2.05, 4.69) is 4.98 Å². The number of benzene rings is 1. The van der Waals surface area contributed by atoms with Crippen molar-refractivity contribution >= 4 is 20.9 Å². The van der Waals surface area contributed by atoms with Crippen molar-refractivity contribution in [2.75, 3.05) is 12.8 Å². The minimum absolute atomic E-state index is 0.0686. The summed E-state index contributed by atoms with van der Waals surface area (Å²) in [4.78, 5) is 4.56. The molecule has 1 heterocycles. The van der Waals surface area contributed by atoms with E-state index in [4.69, 9.17) is 10.2 Å². The van der Waals surface area contributed by atoms with E-state index >= 15 is 0 Å². The van der Waals surface area contributed by atoms with Crippen molar-refractivity contribution in [1.29, 1.82) is 0 Å². The van der Waals surface area contributed by atoms with Gasteiger partial charge in [0, 0.05) is 18.7 Å². The molecule has 0 aliphatic heterocycles. The van der Waals surface area contributed by atoms with Gasteiger partial charge in [-0.2, -0.15) is 0 Å². The molecule has 5 nitrogen and oxygen atoms in total. The van der Waals surface area contributed by atoms with Crippen molar-refractivity contribution in [3.8, 4) is 0 Å². The quantitative estimate of drug-likeness (QED) is 0.911. The summed E-state index contributed by atoms with van der Waals surface area (Å²) in [7, 11) is -3.22. The van der Waals surface area contributed by atoms with Crippen LogP contribution in [-0.4, -0.2) is 26.2 Å². The summed E-state index contributed by atoms with van der Waals surface area (Å²) >= 11 is 0. The van der Waals surface area contributed by atoms with E-state index in [1.165, 1.54) is 18.4 Å². The molecule has 2 aromatic rings. The number of aromatic nitrogens is 1. The maximum atomic E-state index is 11.5. The summed E-state index contributed by atoms with van der Waals surface area (Å²) < 4.78 is 28.5. The molecule has 98 valence electrons. The molecule has 1 atom stereocenters. The second kappa shape index (κ2) is 4.70. The highest BCUT2D eigenvalue weighted by Crippen LogP contribution is 2.25. The number of sulfone groups is 1. The number of nitrogens with zero attached hydrogens (tertiary/aromatic N) is 1. The van der Waals surface area contributed by atoms with Crippen LogP contribution in [0.1, 0.15) is 25.2 Å². The molecule has 2 N–H and O–H groups in total. The Balaban J connectivity index is 2.52. The first-order valence-corrected chi connectivity index (χ1v) is 7.65. The Labute approximate surface area is 106 Å². The Morgan fingerprint density at radius 3 is 2.72 bits per heavy atom. The van der Waals surface area contributed by atoms with Gasteiger partial charge in [-0.05, 0) is 24.6 Å². The molecular formula is C12H16N2O3S. The van der Waals surface area contributed by atoms with Crippen molar-refractivity contribution in [2.45, 2.75) is 24.2 Å². The van der Waals surface area contributed by atoms with Gasteiger partial charge in [-0.1, -0.05) is 6.92 Å². The smallest absolute Gasteiger partial charge is 0.199 e. The highest BCUT2D eigenvalue weighted by Gasteiger charge is 2.16. The number of rotatable bonds is 4. The Hall–Kier alpha value is -1.40. The van der Waals surface area contributed by atoms with E-state index < -0.39 is 9.84 Å². The molecule has 6 heteroatoms. The van der Waals surface area contributed by atoms with E-state index in [0.717, 1.165) is 6.42 Å². The van der Waals surface area contributed by atoms with E-state index in [1.54, 1.807) is 6.07 Å². The highest BCUT2D eigenvalue weighted by atomic mass is 32.2. The third-order valence-electron chi connectivity index (χ3n) is 2.93. The van der Waals surface area contributed by atoms with Gasteiger partial charge in [0.1, 0.15) is 5.52 Å². The average Bonchev–Trinajstić information content (AvgIpc) is 2.71. The molecule has 2 rings (SSSR count). The van der Waals surface area contributed by atoms with E-state index in [1.807, 2.05) is 6.92 Å². The maximum Gasteiger partial charge on any atom is 0.199 e. The fraction of sp³-hybridized carbons (Fsp3) is 0.417. The monoisotopic (exact) mass is 268 g/mol. The molecular weight excluding hydrogens is 252 g/mol. The van der Waals surface area contributed by atoms with Crippen LogP contribution in [0.4, 0.5) is 0 Å². The molecule has 0 saturated heterocycles. The zero-order valence-electron chi connectivity index (χ0n) is 10.4. The third kappa shape index (κ3) is 2.39. The van der Waals surface area contributed by atoms with E-state index in [0.29, 0.717) is 23.5 Å². The van der Waals surface area contributed by atoms with Crippen molar-refractivity contribution < 1.29 is 12.8 Å². The van der Waals surface area contributed by atoms with Crippen molar-refractivity contribution in [2.24, 2.45) is 5.73 Å². The first kappa shape index (κ1) is 13.0. The predicted octanol–water partition coefficient (Wildman–Crippen LogP) is 1.68. The van der Waals surface area contributed by atoms with Crippen LogP contribution in [0.25, 0.3) is 11.1 Å². The number of oxazole rings is 1. The van der Waals surface area contributed by atoms with Crippen molar-refractivity contribution in [3.05, 3.63) is 24.1 Å². The molecule has 0 fully saturated rings. The maximum absolute atomic E-state index is 11.5. The van der Waals surface area contributed by atoms with Gasteiger partial charge >= 0.3 is 0 Å². The molecule has 0 saturated carbocycles. The van der Waals surface area contributed by atoms with Crippen LogP contribution < -0.4 is 5.73 Å². The minimum atomic E-state index is -3.22. The molecule has 0 amide bonds. The van der Waals surface area contributed by atoms with Gasteiger partial charge < -0.3 is 10.2 Å². The minimum Gasteiger partial charge on any atom is -0.440 e. The fourth-order valence-corrected chi connectivity index (χ4v) is 2.41. The summed E-state index contributed by atoms with van der Waals surface area (Å²) in [5.41, 5.74) is 6.78. The fourth-order valence-electron chi connectivity index (χ4n) is 1.77. The van der Waals surface area contributed by atoms with Crippen LogP contribution in [0.2, 0.25) is 0 Å². The lowest BCUT2D eigenvalue weighted by Crippen LogP contribution is -2.11. The van der Waals surface area contributed by atoms with Crippen molar-refractivity contribution in [1.82, 2.24) is 4.98 Å². The average molecular weight is 268 g/mol. The van der Waals surface area contributed by atoms with Crippen LogP contribution >= 0.6 is 0 Å². The first-order valence-electron chi connectivity index (χ1n) is 5.76. The molecule has 1 aromatic heterocycles. The Morgan fingerprint density at radius 1 is 1.44 bits per heavy atom. The predicted molar refractivity (Wildman–Crippen MR) is 69.2 cm³/mol. The lowest BCUT2D eigenvalue weighted by atomic mass is 10.1. The number of hydrogen-bond acceptors (Lipinski definition) is 5. The zero-order valence-corrected chi connectivity index (χ0v) is 11.2. The molecule has 0 radical (unpaired) electrons. The summed E-state index contributed by atoms with van der Waals surface area (Å²) in [5, 5.41) is 0.